The molecule has 0 spiro atoms. The number of carboxylic acids is 1. The van der Waals surface area contributed by atoms with Crippen molar-refractivity contribution in [2.45, 2.75) is 6.18 Å². The Labute approximate surface area is 177 Å². The van der Waals surface area contributed by atoms with Gasteiger partial charge in [0.25, 0.3) is 0 Å². The van der Waals surface area contributed by atoms with Crippen LogP contribution in [0.5, 0.6) is 0 Å². The normalized spacial score (nSPS) is 11.8. The molecule has 0 bridgehead atoms. The molecule has 0 aliphatic heterocycles. The molecule has 4 aromatic rings. The van der Waals surface area contributed by atoms with Gasteiger partial charge in [0.15, 0.2) is 5.76 Å². The molecule has 4 nitrogen and oxygen atoms in total. The number of carbonyl (C=O) groups is 1. The molecule has 0 radical (unpaired) electrons. The molecule has 2 aromatic heterocycles. The monoisotopic (exact) mass is 450 g/mol. The topological polar surface area (TPSA) is 66.2 Å². The van der Waals surface area contributed by atoms with Gasteiger partial charge in [0.05, 0.1) is 22.1 Å². The largest absolute Gasteiger partial charge is 0.545 e. The first-order valence-electron chi connectivity index (χ1n) is 8.42. The Balaban J connectivity index is 1.83. The maximum atomic E-state index is 13.0. The Morgan fingerprint density at radius 2 is 1.70 bits per heavy atom. The summed E-state index contributed by atoms with van der Waals surface area (Å²) in [6.45, 7) is 0. The number of fused-ring (bicyclic) bond motifs is 1. The standard InChI is InChI=1S/C21H10Cl2F3NO3/c22-11-2-4-16-12(8-11)13(20(28)29)9-17(27-16)19-6-5-18(30-19)14-7-10(21(24,25)26)1-3-15(14)23/h1-9H,(H,28,29)/p-1. The highest BCUT2D eigenvalue weighted by Crippen LogP contribution is 2.38. The van der Waals surface area contributed by atoms with Gasteiger partial charge < -0.3 is 14.3 Å². The van der Waals surface area contributed by atoms with Crippen molar-refractivity contribution >= 4 is 40.1 Å². The molecule has 0 amide bonds. The van der Waals surface area contributed by atoms with Gasteiger partial charge in [-0.1, -0.05) is 23.2 Å². The molecule has 4 rings (SSSR count). The van der Waals surface area contributed by atoms with Gasteiger partial charge in [-0.05, 0) is 54.6 Å². The van der Waals surface area contributed by atoms with Crippen LogP contribution in [-0.2, 0) is 6.18 Å². The number of hydrogen-bond donors (Lipinski definition) is 0. The van der Waals surface area contributed by atoms with Gasteiger partial charge in [-0.25, -0.2) is 4.98 Å². The molecule has 0 unspecified atom stereocenters. The fourth-order valence-corrected chi connectivity index (χ4v) is 3.39. The van der Waals surface area contributed by atoms with Crippen molar-refractivity contribution in [2.24, 2.45) is 0 Å². The fraction of sp³-hybridized carbons (Fsp3) is 0.0476. The Morgan fingerprint density at radius 1 is 0.967 bits per heavy atom. The molecule has 0 saturated heterocycles. The van der Waals surface area contributed by atoms with E-state index in [1.54, 1.807) is 12.1 Å². The van der Waals surface area contributed by atoms with Crippen molar-refractivity contribution in [1.29, 1.82) is 0 Å². The van der Waals surface area contributed by atoms with Crippen molar-refractivity contribution in [3.05, 3.63) is 75.8 Å². The van der Waals surface area contributed by atoms with Crippen molar-refractivity contribution in [3.8, 4) is 22.8 Å². The second-order valence-electron chi connectivity index (χ2n) is 6.36. The average Bonchev–Trinajstić information content (AvgIpc) is 3.16. The molecule has 0 fully saturated rings. The molecule has 9 heteroatoms. The van der Waals surface area contributed by atoms with Gasteiger partial charge in [-0.2, -0.15) is 13.2 Å². The van der Waals surface area contributed by atoms with Gasteiger partial charge in [0, 0.05) is 21.5 Å². The van der Waals surface area contributed by atoms with E-state index >= 15 is 0 Å². The number of aromatic carboxylic acids is 1. The first kappa shape index (κ1) is 20.3. The third kappa shape index (κ3) is 3.74. The second-order valence-corrected chi connectivity index (χ2v) is 7.20. The number of carboxylic acid groups (broad SMARTS) is 1. The summed E-state index contributed by atoms with van der Waals surface area (Å²) in [5.41, 5.74) is -0.470. The molecule has 152 valence electrons. The lowest BCUT2D eigenvalue weighted by Crippen LogP contribution is -2.22. The molecular weight excluding hydrogens is 442 g/mol. The lowest BCUT2D eigenvalue weighted by atomic mass is 10.1. The summed E-state index contributed by atoms with van der Waals surface area (Å²) < 4.78 is 44.7. The summed E-state index contributed by atoms with van der Waals surface area (Å²) in [4.78, 5) is 15.9. The highest BCUT2D eigenvalue weighted by Gasteiger charge is 2.31. The summed E-state index contributed by atoms with van der Waals surface area (Å²) in [5.74, 6) is -1.20. The smallest absolute Gasteiger partial charge is 0.416 e. The molecular formula is C21H9Cl2F3NO3-. The zero-order valence-corrected chi connectivity index (χ0v) is 16.3. The summed E-state index contributed by atoms with van der Waals surface area (Å²) in [5, 5.41) is 12.3. The highest BCUT2D eigenvalue weighted by atomic mass is 35.5. The molecule has 0 aliphatic carbocycles. The summed E-state index contributed by atoms with van der Waals surface area (Å²) in [6, 6.07) is 11.6. The first-order chi connectivity index (χ1) is 14.1. The van der Waals surface area contributed by atoms with Gasteiger partial charge in [-0.3, -0.25) is 0 Å². The first-order valence-corrected chi connectivity index (χ1v) is 9.18. The van der Waals surface area contributed by atoms with Crippen molar-refractivity contribution in [1.82, 2.24) is 4.98 Å². The van der Waals surface area contributed by atoms with Crippen LogP contribution in [0.4, 0.5) is 13.2 Å². The zero-order chi connectivity index (χ0) is 21.6. The number of alkyl halides is 3. The number of furan rings is 1. The number of benzene rings is 2. The summed E-state index contributed by atoms with van der Waals surface area (Å²) >= 11 is 12.0. The average molecular weight is 451 g/mol. The van der Waals surface area contributed by atoms with Crippen molar-refractivity contribution in [3.63, 3.8) is 0 Å². The molecule has 0 atom stereocenters. The molecule has 0 N–H and O–H groups in total. The van der Waals surface area contributed by atoms with Crippen LogP contribution < -0.4 is 5.11 Å². The van der Waals surface area contributed by atoms with Crippen LogP contribution in [-0.4, -0.2) is 11.0 Å². The maximum absolute atomic E-state index is 13.0. The van der Waals surface area contributed by atoms with E-state index < -0.39 is 17.7 Å². The minimum Gasteiger partial charge on any atom is -0.545 e. The number of nitrogens with zero attached hydrogens (tertiary/aromatic N) is 1. The van der Waals surface area contributed by atoms with Crippen LogP contribution in [0.25, 0.3) is 33.7 Å². The van der Waals surface area contributed by atoms with E-state index in [9.17, 15) is 23.1 Å². The van der Waals surface area contributed by atoms with Gasteiger partial charge in [0.2, 0.25) is 0 Å². The van der Waals surface area contributed by atoms with E-state index in [1.165, 1.54) is 24.3 Å². The molecule has 2 aromatic carbocycles. The molecule has 0 saturated carbocycles. The summed E-state index contributed by atoms with van der Waals surface area (Å²) in [6.07, 6.45) is -4.54. The van der Waals surface area contributed by atoms with E-state index in [2.05, 4.69) is 4.98 Å². The van der Waals surface area contributed by atoms with E-state index in [1.807, 2.05) is 0 Å². The minimum atomic E-state index is -4.54. The number of pyridine rings is 1. The van der Waals surface area contributed by atoms with Crippen molar-refractivity contribution in [2.75, 3.05) is 0 Å². The third-order valence-electron chi connectivity index (χ3n) is 4.41. The molecule has 2 heterocycles. The number of halogens is 5. The van der Waals surface area contributed by atoms with Crippen molar-refractivity contribution < 1.29 is 27.5 Å². The van der Waals surface area contributed by atoms with Gasteiger partial charge in [0.1, 0.15) is 11.5 Å². The Hall–Kier alpha value is -3.03. The third-order valence-corrected chi connectivity index (χ3v) is 4.97. The minimum absolute atomic E-state index is 0.0467. The predicted molar refractivity (Wildman–Crippen MR) is 104 cm³/mol. The lowest BCUT2D eigenvalue weighted by Gasteiger charge is -2.10. The predicted octanol–water partition coefficient (Wildman–Crippen LogP) is 5.85. The Bertz CT molecular complexity index is 1300. The molecule has 30 heavy (non-hydrogen) atoms. The van der Waals surface area contributed by atoms with E-state index in [0.29, 0.717) is 15.9 Å². The van der Waals surface area contributed by atoms with Crippen LogP contribution in [0, 0.1) is 0 Å². The SMILES string of the molecule is O=C([O-])c1cc(-c2ccc(-c3cc(C(F)(F)F)ccc3Cl)o2)nc2ccc(Cl)cc12. The fourth-order valence-electron chi connectivity index (χ4n) is 3.00. The number of hydrogen-bond acceptors (Lipinski definition) is 4. The zero-order valence-electron chi connectivity index (χ0n) is 14.8. The molecule has 0 aliphatic rings. The number of aromatic nitrogens is 1. The van der Waals surface area contributed by atoms with E-state index in [-0.39, 0.29) is 33.4 Å². The maximum Gasteiger partial charge on any atom is 0.416 e. The van der Waals surface area contributed by atoms with Crippen LogP contribution in [0.2, 0.25) is 10.0 Å². The van der Waals surface area contributed by atoms with E-state index in [0.717, 1.165) is 18.2 Å². The highest BCUT2D eigenvalue weighted by molar-refractivity contribution is 6.33. The number of rotatable bonds is 3. The van der Waals surface area contributed by atoms with Crippen LogP contribution >= 0.6 is 23.2 Å². The lowest BCUT2D eigenvalue weighted by molar-refractivity contribution is -0.254. The Morgan fingerprint density at radius 3 is 2.40 bits per heavy atom. The van der Waals surface area contributed by atoms with Gasteiger partial charge >= 0.3 is 6.18 Å². The van der Waals surface area contributed by atoms with E-state index in [4.69, 9.17) is 27.6 Å². The Kier molecular flexibility index (Phi) is 4.95. The van der Waals surface area contributed by atoms with Crippen LogP contribution in [0.15, 0.2) is 59.0 Å². The quantitative estimate of drug-likeness (QED) is 0.392. The van der Waals surface area contributed by atoms with Crippen LogP contribution in [0.1, 0.15) is 15.9 Å². The van der Waals surface area contributed by atoms with Crippen LogP contribution in [0.3, 0.4) is 0 Å². The summed E-state index contributed by atoms with van der Waals surface area (Å²) in [7, 11) is 0. The number of carbonyl (C=O) groups excluding carboxylic acids is 1. The van der Waals surface area contributed by atoms with Gasteiger partial charge in [-0.15, -0.1) is 0 Å². The second kappa shape index (κ2) is 7.34.